The zero-order chi connectivity index (χ0) is 20.7. The van der Waals surface area contributed by atoms with E-state index < -0.39 is 35.6 Å². The van der Waals surface area contributed by atoms with Crippen LogP contribution in [0.15, 0.2) is 48.5 Å². The first-order valence-electron chi connectivity index (χ1n) is 8.91. The van der Waals surface area contributed by atoms with Crippen LogP contribution in [0.1, 0.15) is 23.6 Å². The quantitative estimate of drug-likeness (QED) is 0.640. The second kappa shape index (κ2) is 9.64. The number of carbonyl (C=O) groups is 3. The third-order valence-corrected chi connectivity index (χ3v) is 4.23. The predicted molar refractivity (Wildman–Crippen MR) is 104 cm³/mol. The van der Waals surface area contributed by atoms with Crippen molar-refractivity contribution < 1.29 is 18.8 Å². The van der Waals surface area contributed by atoms with Crippen molar-refractivity contribution >= 4 is 17.7 Å². The highest BCUT2D eigenvalue weighted by atomic mass is 19.1. The standard InChI is InChI=1S/C21H24FN3O3/c1-13-4-3-5-16(10-13)12-18(20(23)27)25-21(28)19(24-14(2)26)11-15-6-8-17(22)9-7-15/h3-10,18-19H,11-12H2,1-2H3,(H2,23,27)(H,24,26)(H,25,28)/t18-,19-/m0/s1. The fourth-order valence-electron chi connectivity index (χ4n) is 2.88. The summed E-state index contributed by atoms with van der Waals surface area (Å²) >= 11 is 0. The molecular weight excluding hydrogens is 361 g/mol. The molecule has 0 aliphatic rings. The third kappa shape index (κ3) is 6.50. The minimum absolute atomic E-state index is 0.154. The summed E-state index contributed by atoms with van der Waals surface area (Å²) in [7, 11) is 0. The summed E-state index contributed by atoms with van der Waals surface area (Å²) in [4.78, 5) is 36.1. The van der Waals surface area contributed by atoms with Crippen molar-refractivity contribution in [3.8, 4) is 0 Å². The smallest absolute Gasteiger partial charge is 0.243 e. The second-order valence-electron chi connectivity index (χ2n) is 6.74. The number of halogens is 1. The Morgan fingerprint density at radius 3 is 2.18 bits per heavy atom. The topological polar surface area (TPSA) is 101 Å². The highest BCUT2D eigenvalue weighted by molar-refractivity contribution is 5.91. The Morgan fingerprint density at radius 1 is 0.964 bits per heavy atom. The van der Waals surface area contributed by atoms with Crippen molar-refractivity contribution in [2.45, 2.75) is 38.8 Å². The van der Waals surface area contributed by atoms with E-state index in [0.717, 1.165) is 11.1 Å². The number of rotatable bonds is 8. The molecule has 3 amide bonds. The van der Waals surface area contributed by atoms with Crippen LogP contribution >= 0.6 is 0 Å². The SMILES string of the molecule is CC(=O)N[C@@H](Cc1ccc(F)cc1)C(=O)N[C@@H](Cc1cccc(C)c1)C(N)=O. The summed E-state index contributed by atoms with van der Waals surface area (Å²) in [5.41, 5.74) is 8.02. The molecule has 2 atom stereocenters. The average molecular weight is 385 g/mol. The Balaban J connectivity index is 2.12. The molecule has 4 N–H and O–H groups in total. The number of nitrogens with two attached hydrogens (primary N) is 1. The average Bonchev–Trinajstić information content (AvgIpc) is 2.62. The van der Waals surface area contributed by atoms with Crippen molar-refractivity contribution in [2.75, 3.05) is 0 Å². The van der Waals surface area contributed by atoms with E-state index in [1.54, 1.807) is 0 Å². The van der Waals surface area contributed by atoms with Gasteiger partial charge < -0.3 is 16.4 Å². The van der Waals surface area contributed by atoms with E-state index in [0.29, 0.717) is 5.56 Å². The fourth-order valence-corrected chi connectivity index (χ4v) is 2.88. The van der Waals surface area contributed by atoms with Crippen LogP contribution < -0.4 is 16.4 Å². The maximum absolute atomic E-state index is 13.1. The van der Waals surface area contributed by atoms with Crippen LogP contribution in [-0.4, -0.2) is 29.8 Å². The van der Waals surface area contributed by atoms with Crippen LogP contribution in [0.3, 0.4) is 0 Å². The van der Waals surface area contributed by atoms with E-state index in [-0.39, 0.29) is 12.8 Å². The van der Waals surface area contributed by atoms with Crippen LogP contribution in [0.2, 0.25) is 0 Å². The first-order chi connectivity index (χ1) is 13.2. The van der Waals surface area contributed by atoms with E-state index in [1.165, 1.54) is 31.2 Å². The zero-order valence-corrected chi connectivity index (χ0v) is 15.9. The van der Waals surface area contributed by atoms with Crippen molar-refractivity contribution in [1.82, 2.24) is 10.6 Å². The minimum atomic E-state index is -0.918. The molecule has 2 rings (SSSR count). The third-order valence-electron chi connectivity index (χ3n) is 4.23. The summed E-state index contributed by atoms with van der Waals surface area (Å²) in [6, 6.07) is 11.3. The van der Waals surface area contributed by atoms with Crippen LogP contribution in [0.4, 0.5) is 4.39 Å². The van der Waals surface area contributed by atoms with Gasteiger partial charge >= 0.3 is 0 Å². The summed E-state index contributed by atoms with van der Waals surface area (Å²) in [6.45, 7) is 3.22. The number of carbonyl (C=O) groups excluding carboxylic acids is 3. The van der Waals surface area contributed by atoms with Gasteiger partial charge in [-0.1, -0.05) is 42.0 Å². The Bertz CT molecular complexity index is 852. The lowest BCUT2D eigenvalue weighted by molar-refractivity contribution is -0.130. The lowest BCUT2D eigenvalue weighted by atomic mass is 10.0. The maximum Gasteiger partial charge on any atom is 0.243 e. The molecule has 0 saturated carbocycles. The summed E-state index contributed by atoms with van der Waals surface area (Å²) in [5.74, 6) is -1.98. The van der Waals surface area contributed by atoms with Crippen molar-refractivity contribution in [3.63, 3.8) is 0 Å². The van der Waals surface area contributed by atoms with Crippen molar-refractivity contribution in [1.29, 1.82) is 0 Å². The molecule has 0 aliphatic carbocycles. The minimum Gasteiger partial charge on any atom is -0.368 e. The van der Waals surface area contributed by atoms with Gasteiger partial charge in [-0.15, -0.1) is 0 Å². The molecule has 0 aliphatic heterocycles. The van der Waals surface area contributed by atoms with Crippen molar-refractivity contribution in [2.24, 2.45) is 5.73 Å². The monoisotopic (exact) mass is 385 g/mol. The van der Waals surface area contributed by atoms with E-state index >= 15 is 0 Å². The molecule has 0 heterocycles. The Kier molecular flexibility index (Phi) is 7.26. The zero-order valence-electron chi connectivity index (χ0n) is 15.9. The number of benzene rings is 2. The lowest BCUT2D eigenvalue weighted by Crippen LogP contribution is -2.54. The van der Waals surface area contributed by atoms with Gasteiger partial charge in [-0.3, -0.25) is 14.4 Å². The highest BCUT2D eigenvalue weighted by Crippen LogP contribution is 2.09. The largest absolute Gasteiger partial charge is 0.368 e. The highest BCUT2D eigenvalue weighted by Gasteiger charge is 2.25. The fraction of sp³-hybridized carbons (Fsp3) is 0.286. The Hall–Kier alpha value is -3.22. The molecule has 28 heavy (non-hydrogen) atoms. The molecule has 0 bridgehead atoms. The Morgan fingerprint density at radius 2 is 1.61 bits per heavy atom. The van der Waals surface area contributed by atoms with Gasteiger partial charge in [0.25, 0.3) is 0 Å². The van der Waals surface area contributed by atoms with Gasteiger partial charge in [0.2, 0.25) is 17.7 Å². The molecule has 2 aromatic carbocycles. The number of hydrogen-bond donors (Lipinski definition) is 3. The first kappa shape index (κ1) is 21.1. The molecule has 0 spiro atoms. The van der Waals surface area contributed by atoms with Crippen LogP contribution in [-0.2, 0) is 27.2 Å². The maximum atomic E-state index is 13.1. The summed E-state index contributed by atoms with van der Waals surface area (Å²) in [6.07, 6.45) is 0.397. The molecule has 0 aromatic heterocycles. The summed E-state index contributed by atoms with van der Waals surface area (Å²) < 4.78 is 13.1. The van der Waals surface area contributed by atoms with Gasteiger partial charge in [-0.05, 0) is 30.2 Å². The van der Waals surface area contributed by atoms with E-state index in [1.807, 2.05) is 31.2 Å². The second-order valence-corrected chi connectivity index (χ2v) is 6.74. The predicted octanol–water partition coefficient (Wildman–Crippen LogP) is 1.39. The number of aryl methyl sites for hydroxylation is 1. The van der Waals surface area contributed by atoms with E-state index in [9.17, 15) is 18.8 Å². The molecular formula is C21H24FN3O3. The Labute approximate surface area is 163 Å². The number of amides is 3. The molecule has 6 nitrogen and oxygen atoms in total. The van der Waals surface area contributed by atoms with Gasteiger partial charge in [0.1, 0.15) is 17.9 Å². The first-order valence-corrected chi connectivity index (χ1v) is 8.91. The molecule has 148 valence electrons. The van der Waals surface area contributed by atoms with Gasteiger partial charge in [-0.2, -0.15) is 0 Å². The van der Waals surface area contributed by atoms with Gasteiger partial charge in [0.15, 0.2) is 0 Å². The van der Waals surface area contributed by atoms with Gasteiger partial charge in [0, 0.05) is 19.8 Å². The summed E-state index contributed by atoms with van der Waals surface area (Å²) in [5, 5.41) is 5.18. The van der Waals surface area contributed by atoms with Crippen LogP contribution in [0, 0.1) is 12.7 Å². The number of nitrogens with one attached hydrogen (secondary N) is 2. The van der Waals surface area contributed by atoms with E-state index in [4.69, 9.17) is 5.73 Å². The van der Waals surface area contributed by atoms with Crippen molar-refractivity contribution in [3.05, 3.63) is 71.0 Å². The van der Waals surface area contributed by atoms with Gasteiger partial charge in [0.05, 0.1) is 0 Å². The molecule has 7 heteroatoms. The van der Waals surface area contributed by atoms with Gasteiger partial charge in [-0.25, -0.2) is 4.39 Å². The number of hydrogen-bond acceptors (Lipinski definition) is 3. The number of primary amides is 1. The molecule has 0 fully saturated rings. The normalized spacial score (nSPS) is 12.7. The van der Waals surface area contributed by atoms with Crippen LogP contribution in [0.25, 0.3) is 0 Å². The molecule has 0 radical (unpaired) electrons. The molecule has 0 unspecified atom stereocenters. The van der Waals surface area contributed by atoms with Crippen LogP contribution in [0.5, 0.6) is 0 Å². The van der Waals surface area contributed by atoms with E-state index in [2.05, 4.69) is 10.6 Å². The molecule has 0 saturated heterocycles. The molecule has 2 aromatic rings. The lowest BCUT2D eigenvalue weighted by Gasteiger charge is -2.22.